The van der Waals surface area contributed by atoms with Gasteiger partial charge in [-0.1, -0.05) is 96.8 Å². The molecule has 0 rings (SSSR count). The third-order valence-electron chi connectivity index (χ3n) is 5.59. The number of carboxylic acids is 1. The maximum atomic E-state index is 11.9. The van der Waals surface area contributed by atoms with Gasteiger partial charge in [-0.25, -0.2) is 4.79 Å². The van der Waals surface area contributed by atoms with Crippen LogP contribution in [0.5, 0.6) is 0 Å². The average Bonchev–Trinajstić information content (AvgIpc) is 2.70. The number of amides is 1. The van der Waals surface area contributed by atoms with Gasteiger partial charge in [-0.05, 0) is 32.2 Å². The molecule has 0 heterocycles. The van der Waals surface area contributed by atoms with E-state index >= 15 is 0 Å². The maximum Gasteiger partial charge on any atom is 0.326 e. The highest BCUT2D eigenvalue weighted by Gasteiger charge is 2.18. The number of rotatable bonds is 22. The van der Waals surface area contributed by atoms with E-state index in [2.05, 4.69) is 12.2 Å². The third kappa shape index (κ3) is 20.0. The van der Waals surface area contributed by atoms with Gasteiger partial charge >= 0.3 is 5.97 Å². The minimum atomic E-state index is -0.952. The van der Waals surface area contributed by atoms with E-state index in [4.69, 9.17) is 5.73 Å². The zero-order chi connectivity index (χ0) is 21.6. The Labute approximate surface area is 179 Å². The van der Waals surface area contributed by atoms with Crippen LogP contribution in [0.4, 0.5) is 0 Å². The smallest absolute Gasteiger partial charge is 0.326 e. The van der Waals surface area contributed by atoms with Crippen molar-refractivity contribution in [2.45, 2.75) is 135 Å². The Morgan fingerprint density at radius 1 is 0.724 bits per heavy atom. The topological polar surface area (TPSA) is 92.4 Å². The Balaban J connectivity index is 3.42. The second-order valence-electron chi connectivity index (χ2n) is 8.44. The molecule has 5 heteroatoms. The predicted molar refractivity (Wildman–Crippen MR) is 122 cm³/mol. The number of hydrogen-bond acceptors (Lipinski definition) is 3. The van der Waals surface area contributed by atoms with Gasteiger partial charge in [0.2, 0.25) is 5.91 Å². The molecular weight excluding hydrogens is 364 g/mol. The summed E-state index contributed by atoms with van der Waals surface area (Å²) in [6.07, 6.45) is 21.8. The minimum Gasteiger partial charge on any atom is -0.480 e. The van der Waals surface area contributed by atoms with Crippen LogP contribution in [0.2, 0.25) is 0 Å². The van der Waals surface area contributed by atoms with Crippen LogP contribution < -0.4 is 11.1 Å². The van der Waals surface area contributed by atoms with Gasteiger partial charge in [-0.3, -0.25) is 4.79 Å². The molecule has 0 aromatic rings. The Morgan fingerprint density at radius 2 is 1.17 bits per heavy atom. The van der Waals surface area contributed by atoms with Crippen molar-refractivity contribution in [2.24, 2.45) is 5.73 Å². The van der Waals surface area contributed by atoms with Gasteiger partial charge in [-0.15, -0.1) is 0 Å². The van der Waals surface area contributed by atoms with Gasteiger partial charge in [0.05, 0.1) is 0 Å². The highest BCUT2D eigenvalue weighted by molar-refractivity contribution is 5.83. The second kappa shape index (κ2) is 21.6. The van der Waals surface area contributed by atoms with Gasteiger partial charge in [0, 0.05) is 6.42 Å². The number of hydrogen-bond donors (Lipinski definition) is 3. The van der Waals surface area contributed by atoms with Crippen molar-refractivity contribution < 1.29 is 14.7 Å². The monoisotopic (exact) mass is 412 g/mol. The molecule has 0 radical (unpaired) electrons. The van der Waals surface area contributed by atoms with Crippen molar-refractivity contribution in [1.29, 1.82) is 0 Å². The Kier molecular flexibility index (Phi) is 20.8. The van der Waals surface area contributed by atoms with E-state index in [-0.39, 0.29) is 5.91 Å². The maximum absolute atomic E-state index is 11.9. The second-order valence-corrected chi connectivity index (χ2v) is 8.44. The summed E-state index contributed by atoms with van der Waals surface area (Å²) >= 11 is 0. The minimum absolute atomic E-state index is 0.139. The van der Waals surface area contributed by atoms with Gasteiger partial charge < -0.3 is 16.2 Å². The van der Waals surface area contributed by atoms with Crippen LogP contribution >= 0.6 is 0 Å². The standard InChI is InChI=1S/C24H48N2O3/c1-2-3-4-5-6-7-8-9-10-11-12-13-14-15-16-20-23(27)26-22(24(28)29)19-17-18-21-25/h22H,2-21,25H2,1H3,(H,26,27)(H,28,29). The van der Waals surface area contributed by atoms with Crippen LogP contribution in [0, 0.1) is 0 Å². The molecule has 5 nitrogen and oxygen atoms in total. The molecule has 1 atom stereocenters. The molecule has 0 saturated carbocycles. The third-order valence-corrected chi connectivity index (χ3v) is 5.59. The number of unbranched alkanes of at least 4 members (excludes halogenated alkanes) is 15. The molecule has 4 N–H and O–H groups in total. The molecule has 0 spiro atoms. The van der Waals surface area contributed by atoms with Crippen molar-refractivity contribution in [3.63, 3.8) is 0 Å². The molecule has 1 amide bonds. The van der Waals surface area contributed by atoms with Gasteiger partial charge in [0.15, 0.2) is 0 Å². The molecule has 0 aromatic heterocycles. The van der Waals surface area contributed by atoms with Crippen molar-refractivity contribution >= 4 is 11.9 Å². The van der Waals surface area contributed by atoms with E-state index in [1.54, 1.807) is 0 Å². The number of nitrogens with one attached hydrogen (secondary N) is 1. The number of carbonyl (C=O) groups excluding carboxylic acids is 1. The number of carboxylic acid groups (broad SMARTS) is 1. The first-order valence-electron chi connectivity index (χ1n) is 12.3. The van der Waals surface area contributed by atoms with Crippen LogP contribution in [-0.4, -0.2) is 29.6 Å². The van der Waals surface area contributed by atoms with Crippen LogP contribution in [0.15, 0.2) is 0 Å². The van der Waals surface area contributed by atoms with E-state index in [0.717, 1.165) is 25.7 Å². The molecule has 0 aliphatic rings. The molecule has 0 bridgehead atoms. The lowest BCUT2D eigenvalue weighted by atomic mass is 10.0. The fourth-order valence-corrected chi connectivity index (χ4v) is 3.67. The molecule has 0 aromatic carbocycles. The van der Waals surface area contributed by atoms with Gasteiger partial charge in [0.1, 0.15) is 6.04 Å². The van der Waals surface area contributed by atoms with Crippen molar-refractivity contribution in [3.8, 4) is 0 Å². The molecule has 0 aliphatic heterocycles. The van der Waals surface area contributed by atoms with Crippen LogP contribution in [0.25, 0.3) is 0 Å². The van der Waals surface area contributed by atoms with Crippen LogP contribution in [0.1, 0.15) is 129 Å². The average molecular weight is 413 g/mol. The van der Waals surface area contributed by atoms with E-state index in [0.29, 0.717) is 19.4 Å². The van der Waals surface area contributed by atoms with E-state index in [9.17, 15) is 14.7 Å². The largest absolute Gasteiger partial charge is 0.480 e. The highest BCUT2D eigenvalue weighted by atomic mass is 16.4. The van der Waals surface area contributed by atoms with E-state index in [1.165, 1.54) is 83.5 Å². The van der Waals surface area contributed by atoms with Crippen LogP contribution in [0.3, 0.4) is 0 Å². The predicted octanol–water partition coefficient (Wildman–Crippen LogP) is 5.95. The van der Waals surface area contributed by atoms with Crippen LogP contribution in [-0.2, 0) is 9.59 Å². The number of nitrogens with two attached hydrogens (primary N) is 1. The first-order chi connectivity index (χ1) is 14.1. The molecular formula is C24H48N2O3. The number of carbonyl (C=O) groups is 2. The fourth-order valence-electron chi connectivity index (χ4n) is 3.67. The van der Waals surface area contributed by atoms with Crippen molar-refractivity contribution in [2.75, 3.05) is 6.54 Å². The SMILES string of the molecule is CCCCCCCCCCCCCCCCCC(=O)NC(CCCCN)C(=O)O. The molecule has 172 valence electrons. The summed E-state index contributed by atoms with van der Waals surface area (Å²) < 4.78 is 0. The highest BCUT2D eigenvalue weighted by Crippen LogP contribution is 2.13. The van der Waals surface area contributed by atoms with Crippen molar-refractivity contribution in [3.05, 3.63) is 0 Å². The quantitative estimate of drug-likeness (QED) is 0.192. The summed E-state index contributed by atoms with van der Waals surface area (Å²) in [5, 5.41) is 11.8. The Bertz CT molecular complexity index is 388. The molecule has 0 aliphatic carbocycles. The Morgan fingerprint density at radius 3 is 1.59 bits per heavy atom. The zero-order valence-corrected chi connectivity index (χ0v) is 19.1. The molecule has 29 heavy (non-hydrogen) atoms. The molecule has 0 saturated heterocycles. The fraction of sp³-hybridized carbons (Fsp3) is 0.917. The normalized spacial score (nSPS) is 12.1. The zero-order valence-electron chi connectivity index (χ0n) is 19.1. The first kappa shape index (κ1) is 27.9. The van der Waals surface area contributed by atoms with Gasteiger partial charge in [-0.2, -0.15) is 0 Å². The summed E-state index contributed by atoms with van der Waals surface area (Å²) in [6.45, 7) is 2.82. The van der Waals surface area contributed by atoms with Crippen molar-refractivity contribution in [1.82, 2.24) is 5.32 Å². The lowest BCUT2D eigenvalue weighted by Crippen LogP contribution is -2.40. The van der Waals surface area contributed by atoms with Gasteiger partial charge in [0.25, 0.3) is 0 Å². The number of aliphatic carboxylic acids is 1. The first-order valence-corrected chi connectivity index (χ1v) is 12.3. The summed E-state index contributed by atoms with van der Waals surface area (Å²) in [6, 6.07) is -0.773. The lowest BCUT2D eigenvalue weighted by molar-refractivity contribution is -0.142. The Hall–Kier alpha value is -1.10. The molecule has 1 unspecified atom stereocenters. The molecule has 0 fully saturated rings. The lowest BCUT2D eigenvalue weighted by Gasteiger charge is -2.14. The summed E-state index contributed by atoms with van der Waals surface area (Å²) in [5.74, 6) is -1.09. The van der Waals surface area contributed by atoms with E-state index < -0.39 is 12.0 Å². The summed E-state index contributed by atoms with van der Waals surface area (Å²) in [5.41, 5.74) is 5.43. The summed E-state index contributed by atoms with van der Waals surface area (Å²) in [4.78, 5) is 23.1. The van der Waals surface area contributed by atoms with E-state index in [1.807, 2.05) is 0 Å². The summed E-state index contributed by atoms with van der Waals surface area (Å²) in [7, 11) is 0.